The zero-order valence-corrected chi connectivity index (χ0v) is 14.0. The van der Waals surface area contributed by atoms with E-state index in [1.54, 1.807) is 12.3 Å². The van der Waals surface area contributed by atoms with Crippen LogP contribution in [-0.2, 0) is 4.79 Å². The van der Waals surface area contributed by atoms with Gasteiger partial charge < -0.3 is 10.6 Å². The fourth-order valence-electron chi connectivity index (χ4n) is 1.99. The van der Waals surface area contributed by atoms with Gasteiger partial charge >= 0.3 is 0 Å². The van der Waals surface area contributed by atoms with Crippen LogP contribution in [0, 0.1) is 6.92 Å². The predicted molar refractivity (Wildman–Crippen MR) is 93.5 cm³/mol. The molecular weight excluding hydrogens is 324 g/mol. The standard InChI is InChI=1S/C16H16N6OS/c1-10-9-15(22-21-10)19-14-7-8-17-16(20-14)24-13-5-3-12(4-6-13)18-11(2)23/h3-9H,1-2H3,(H,18,23)(H2,17,19,20,21,22). The molecule has 3 rings (SSSR count). The lowest BCUT2D eigenvalue weighted by Crippen LogP contribution is -2.05. The van der Waals surface area contributed by atoms with Gasteiger partial charge in [0.25, 0.3) is 0 Å². The third-order valence-electron chi connectivity index (χ3n) is 2.98. The van der Waals surface area contributed by atoms with Gasteiger partial charge in [0.2, 0.25) is 5.91 Å². The summed E-state index contributed by atoms with van der Waals surface area (Å²) in [6, 6.07) is 11.2. The van der Waals surface area contributed by atoms with Crippen LogP contribution in [0.3, 0.4) is 0 Å². The van der Waals surface area contributed by atoms with Crippen LogP contribution in [0.2, 0.25) is 0 Å². The van der Waals surface area contributed by atoms with E-state index in [-0.39, 0.29) is 5.91 Å². The third-order valence-corrected chi connectivity index (χ3v) is 3.87. The maximum atomic E-state index is 11.0. The van der Waals surface area contributed by atoms with Crippen LogP contribution < -0.4 is 10.6 Å². The maximum absolute atomic E-state index is 11.0. The first-order chi connectivity index (χ1) is 11.6. The molecule has 0 saturated carbocycles. The summed E-state index contributed by atoms with van der Waals surface area (Å²) in [5.41, 5.74) is 1.73. The van der Waals surface area contributed by atoms with Crippen LogP contribution >= 0.6 is 11.8 Å². The number of benzene rings is 1. The smallest absolute Gasteiger partial charge is 0.221 e. The zero-order valence-electron chi connectivity index (χ0n) is 13.2. The van der Waals surface area contributed by atoms with Gasteiger partial charge in [0.15, 0.2) is 11.0 Å². The minimum atomic E-state index is -0.0916. The molecule has 0 spiro atoms. The van der Waals surface area contributed by atoms with E-state index in [2.05, 4.69) is 30.8 Å². The summed E-state index contributed by atoms with van der Waals surface area (Å²) in [5.74, 6) is 1.29. The molecule has 7 nitrogen and oxygen atoms in total. The molecule has 0 fully saturated rings. The Morgan fingerprint density at radius 3 is 2.62 bits per heavy atom. The summed E-state index contributed by atoms with van der Waals surface area (Å²) in [5, 5.41) is 13.5. The topological polar surface area (TPSA) is 95.6 Å². The highest BCUT2D eigenvalue weighted by molar-refractivity contribution is 7.99. The number of aromatic amines is 1. The number of nitrogens with one attached hydrogen (secondary N) is 3. The summed E-state index contributed by atoms with van der Waals surface area (Å²) in [6.07, 6.45) is 1.70. The van der Waals surface area contributed by atoms with E-state index in [1.807, 2.05) is 37.3 Å². The number of amides is 1. The van der Waals surface area contributed by atoms with Gasteiger partial charge in [-0.15, -0.1) is 0 Å². The van der Waals surface area contributed by atoms with Gasteiger partial charge in [-0.05, 0) is 49.0 Å². The van der Waals surface area contributed by atoms with Crippen LogP contribution in [0.15, 0.2) is 52.6 Å². The second kappa shape index (κ2) is 7.14. The number of rotatable bonds is 5. The van der Waals surface area contributed by atoms with Crippen molar-refractivity contribution in [3.63, 3.8) is 0 Å². The van der Waals surface area contributed by atoms with Crippen LogP contribution in [0.25, 0.3) is 0 Å². The van der Waals surface area contributed by atoms with Crippen molar-refractivity contribution in [1.82, 2.24) is 20.2 Å². The average molecular weight is 340 g/mol. The molecule has 0 aliphatic rings. The van der Waals surface area contributed by atoms with Crippen molar-refractivity contribution in [3.8, 4) is 0 Å². The highest BCUT2D eigenvalue weighted by Crippen LogP contribution is 2.26. The molecule has 24 heavy (non-hydrogen) atoms. The number of aryl methyl sites for hydroxylation is 1. The first kappa shape index (κ1) is 16.0. The molecule has 1 aromatic carbocycles. The van der Waals surface area contributed by atoms with Crippen molar-refractivity contribution in [2.75, 3.05) is 10.6 Å². The summed E-state index contributed by atoms with van der Waals surface area (Å²) < 4.78 is 0. The number of carbonyl (C=O) groups is 1. The van der Waals surface area contributed by atoms with E-state index in [0.717, 1.165) is 16.3 Å². The van der Waals surface area contributed by atoms with Crippen LogP contribution in [0.5, 0.6) is 0 Å². The van der Waals surface area contributed by atoms with Gasteiger partial charge in [-0.25, -0.2) is 9.97 Å². The van der Waals surface area contributed by atoms with Gasteiger partial charge in [0.05, 0.1) is 0 Å². The molecule has 3 N–H and O–H groups in total. The van der Waals surface area contributed by atoms with Gasteiger partial charge in [0, 0.05) is 35.5 Å². The van der Waals surface area contributed by atoms with Gasteiger partial charge in [-0.1, -0.05) is 0 Å². The predicted octanol–water partition coefficient (Wildman–Crippen LogP) is 3.36. The molecule has 0 aliphatic carbocycles. The first-order valence-electron chi connectivity index (χ1n) is 7.26. The lowest BCUT2D eigenvalue weighted by molar-refractivity contribution is -0.114. The van der Waals surface area contributed by atoms with Crippen molar-refractivity contribution in [2.24, 2.45) is 0 Å². The third kappa shape index (κ3) is 4.32. The van der Waals surface area contributed by atoms with Crippen LogP contribution in [0.4, 0.5) is 17.3 Å². The Labute approximate surface area is 143 Å². The number of anilines is 3. The second-order valence-electron chi connectivity index (χ2n) is 5.09. The Morgan fingerprint density at radius 1 is 1.17 bits per heavy atom. The van der Waals surface area contributed by atoms with Gasteiger partial charge in [-0.3, -0.25) is 9.89 Å². The molecule has 2 aromatic heterocycles. The highest BCUT2D eigenvalue weighted by Gasteiger charge is 2.05. The average Bonchev–Trinajstić information content (AvgIpc) is 2.94. The molecule has 0 saturated heterocycles. The van der Waals surface area contributed by atoms with E-state index in [9.17, 15) is 4.79 Å². The molecule has 122 valence electrons. The van der Waals surface area contributed by atoms with E-state index in [4.69, 9.17) is 0 Å². The summed E-state index contributed by atoms with van der Waals surface area (Å²) in [7, 11) is 0. The largest absolute Gasteiger partial charge is 0.326 e. The molecular formula is C16H16N6OS. The van der Waals surface area contributed by atoms with Gasteiger partial charge in [0.1, 0.15) is 5.82 Å². The van der Waals surface area contributed by atoms with Gasteiger partial charge in [-0.2, -0.15) is 5.10 Å². The molecule has 0 atom stereocenters. The fourth-order valence-corrected chi connectivity index (χ4v) is 2.73. The molecule has 1 amide bonds. The Kier molecular flexibility index (Phi) is 4.76. The number of nitrogens with zero attached hydrogens (tertiary/aromatic N) is 3. The van der Waals surface area contributed by atoms with E-state index in [1.165, 1.54) is 18.7 Å². The highest BCUT2D eigenvalue weighted by atomic mass is 32.2. The zero-order chi connectivity index (χ0) is 16.9. The molecule has 2 heterocycles. The Bertz CT molecular complexity index is 846. The van der Waals surface area contributed by atoms with Crippen LogP contribution in [-0.4, -0.2) is 26.1 Å². The minimum absolute atomic E-state index is 0.0916. The Hall–Kier alpha value is -2.87. The number of hydrogen-bond acceptors (Lipinski definition) is 6. The Balaban J connectivity index is 1.69. The van der Waals surface area contributed by atoms with Crippen LogP contribution in [0.1, 0.15) is 12.6 Å². The number of hydrogen-bond donors (Lipinski definition) is 3. The lowest BCUT2D eigenvalue weighted by atomic mass is 10.3. The Morgan fingerprint density at radius 2 is 1.96 bits per heavy atom. The molecule has 3 aromatic rings. The maximum Gasteiger partial charge on any atom is 0.221 e. The number of carbonyl (C=O) groups excluding carboxylic acids is 1. The van der Waals surface area contributed by atoms with Crippen molar-refractivity contribution >= 4 is 35.0 Å². The molecule has 8 heteroatoms. The normalized spacial score (nSPS) is 10.4. The molecule has 0 bridgehead atoms. The molecule has 0 aliphatic heterocycles. The van der Waals surface area contributed by atoms with E-state index < -0.39 is 0 Å². The molecule has 0 unspecified atom stereocenters. The van der Waals surface area contributed by atoms with Crippen molar-refractivity contribution < 1.29 is 4.79 Å². The lowest BCUT2D eigenvalue weighted by Gasteiger charge is -2.05. The number of H-pyrrole nitrogens is 1. The van der Waals surface area contributed by atoms with Crippen molar-refractivity contribution in [1.29, 1.82) is 0 Å². The SMILES string of the molecule is CC(=O)Nc1ccc(Sc2nccc(Nc3cc(C)[nH]n3)n2)cc1. The quantitative estimate of drug-likeness (QED) is 0.616. The van der Waals surface area contributed by atoms with Crippen molar-refractivity contribution in [2.45, 2.75) is 23.9 Å². The van der Waals surface area contributed by atoms with E-state index in [0.29, 0.717) is 16.8 Å². The van der Waals surface area contributed by atoms with Crippen molar-refractivity contribution in [3.05, 3.63) is 48.3 Å². The monoisotopic (exact) mass is 340 g/mol. The summed E-state index contributed by atoms with van der Waals surface area (Å²) in [4.78, 5) is 20.7. The minimum Gasteiger partial charge on any atom is -0.326 e. The first-order valence-corrected chi connectivity index (χ1v) is 8.08. The van der Waals surface area contributed by atoms with E-state index >= 15 is 0 Å². The number of aromatic nitrogens is 4. The fraction of sp³-hybridized carbons (Fsp3) is 0.125. The summed E-state index contributed by atoms with van der Waals surface area (Å²) in [6.45, 7) is 3.42. The summed E-state index contributed by atoms with van der Waals surface area (Å²) >= 11 is 1.44. The molecule has 0 radical (unpaired) electrons. The second-order valence-corrected chi connectivity index (χ2v) is 6.13.